The number of ether oxygens (including phenoxy) is 1. The number of amides is 1. The molecule has 1 heterocycles. The fourth-order valence-electron chi connectivity index (χ4n) is 2.21. The Morgan fingerprint density at radius 1 is 1.33 bits per heavy atom. The minimum absolute atomic E-state index is 0.125. The van der Waals surface area contributed by atoms with E-state index in [0.29, 0.717) is 12.3 Å². The molecule has 0 spiro atoms. The molecule has 0 radical (unpaired) electrons. The van der Waals surface area contributed by atoms with Gasteiger partial charge in [-0.05, 0) is 42.5 Å². The SMILES string of the molecule is COc1ccc(-c2cc(C(=O)NCCCC(C)(C)CO)no2)cc1. The number of methoxy groups -OCH3 is 1. The van der Waals surface area contributed by atoms with Crippen LogP contribution in [0, 0.1) is 5.41 Å². The number of rotatable bonds is 8. The summed E-state index contributed by atoms with van der Waals surface area (Å²) in [5, 5.41) is 15.8. The van der Waals surface area contributed by atoms with Crippen LogP contribution in [0.5, 0.6) is 5.75 Å². The molecule has 0 aliphatic heterocycles. The van der Waals surface area contributed by atoms with Crippen molar-refractivity contribution in [1.82, 2.24) is 10.5 Å². The van der Waals surface area contributed by atoms with Gasteiger partial charge in [-0.25, -0.2) is 0 Å². The zero-order valence-corrected chi connectivity index (χ0v) is 14.3. The smallest absolute Gasteiger partial charge is 0.273 e. The van der Waals surface area contributed by atoms with Gasteiger partial charge in [0.05, 0.1) is 7.11 Å². The normalized spacial score (nSPS) is 11.3. The van der Waals surface area contributed by atoms with Gasteiger partial charge in [-0.1, -0.05) is 19.0 Å². The molecular weight excluding hydrogens is 308 g/mol. The van der Waals surface area contributed by atoms with E-state index in [2.05, 4.69) is 10.5 Å². The second-order valence-corrected chi connectivity index (χ2v) is 6.49. The summed E-state index contributed by atoms with van der Waals surface area (Å²) >= 11 is 0. The summed E-state index contributed by atoms with van der Waals surface area (Å²) < 4.78 is 10.3. The number of aromatic nitrogens is 1. The molecule has 0 atom stereocenters. The largest absolute Gasteiger partial charge is 0.497 e. The number of carbonyl (C=O) groups is 1. The van der Waals surface area contributed by atoms with Crippen molar-refractivity contribution in [2.45, 2.75) is 26.7 Å². The summed E-state index contributed by atoms with van der Waals surface area (Å²) in [6, 6.07) is 8.95. The monoisotopic (exact) mass is 332 g/mol. The highest BCUT2D eigenvalue weighted by molar-refractivity contribution is 5.93. The van der Waals surface area contributed by atoms with E-state index >= 15 is 0 Å². The molecule has 24 heavy (non-hydrogen) atoms. The van der Waals surface area contributed by atoms with Gasteiger partial charge < -0.3 is 19.7 Å². The molecule has 2 N–H and O–H groups in total. The molecule has 0 saturated carbocycles. The molecule has 1 aromatic heterocycles. The van der Waals surface area contributed by atoms with Crippen molar-refractivity contribution >= 4 is 5.91 Å². The van der Waals surface area contributed by atoms with Crippen LogP contribution in [0.1, 0.15) is 37.2 Å². The molecule has 1 amide bonds. The summed E-state index contributed by atoms with van der Waals surface area (Å²) in [7, 11) is 1.60. The van der Waals surface area contributed by atoms with Crippen LogP contribution in [0.2, 0.25) is 0 Å². The van der Waals surface area contributed by atoms with E-state index in [1.807, 2.05) is 38.1 Å². The minimum atomic E-state index is -0.264. The second-order valence-electron chi connectivity index (χ2n) is 6.49. The standard InChI is InChI=1S/C18H24N2O4/c1-18(2,12-21)9-4-10-19-17(22)15-11-16(24-20-15)13-5-7-14(23-3)8-6-13/h5-8,11,21H,4,9-10,12H2,1-3H3,(H,19,22). The Bertz CT molecular complexity index is 662. The number of nitrogens with one attached hydrogen (secondary N) is 1. The van der Waals surface area contributed by atoms with Crippen LogP contribution in [0.15, 0.2) is 34.9 Å². The maximum atomic E-state index is 12.1. The van der Waals surface area contributed by atoms with E-state index in [4.69, 9.17) is 9.26 Å². The number of benzene rings is 1. The first-order valence-corrected chi connectivity index (χ1v) is 7.95. The highest BCUT2D eigenvalue weighted by atomic mass is 16.5. The third-order valence-electron chi connectivity index (χ3n) is 3.86. The summed E-state index contributed by atoms with van der Waals surface area (Å²) in [6.45, 7) is 4.66. The van der Waals surface area contributed by atoms with E-state index in [0.717, 1.165) is 24.2 Å². The van der Waals surface area contributed by atoms with Crippen LogP contribution in [-0.2, 0) is 0 Å². The lowest BCUT2D eigenvalue weighted by Crippen LogP contribution is -2.26. The van der Waals surface area contributed by atoms with Gasteiger partial charge >= 0.3 is 0 Å². The van der Waals surface area contributed by atoms with Crippen LogP contribution < -0.4 is 10.1 Å². The molecular formula is C18H24N2O4. The van der Waals surface area contributed by atoms with Gasteiger partial charge in [0.1, 0.15) is 5.75 Å². The van der Waals surface area contributed by atoms with Gasteiger partial charge in [-0.15, -0.1) is 0 Å². The van der Waals surface area contributed by atoms with Crippen LogP contribution in [0.3, 0.4) is 0 Å². The fraction of sp³-hybridized carbons (Fsp3) is 0.444. The van der Waals surface area contributed by atoms with Gasteiger partial charge in [-0.2, -0.15) is 0 Å². The third kappa shape index (κ3) is 4.83. The van der Waals surface area contributed by atoms with Gasteiger partial charge in [0, 0.05) is 24.8 Å². The summed E-state index contributed by atoms with van der Waals surface area (Å²) in [4.78, 5) is 12.1. The van der Waals surface area contributed by atoms with E-state index in [-0.39, 0.29) is 23.6 Å². The first-order chi connectivity index (χ1) is 11.4. The molecule has 0 aliphatic carbocycles. The van der Waals surface area contributed by atoms with Crippen LogP contribution >= 0.6 is 0 Å². The topological polar surface area (TPSA) is 84.6 Å². The molecule has 0 unspecified atom stereocenters. The molecule has 130 valence electrons. The van der Waals surface area contributed by atoms with E-state index in [1.54, 1.807) is 13.2 Å². The summed E-state index contributed by atoms with van der Waals surface area (Å²) in [6.07, 6.45) is 1.63. The molecule has 0 fully saturated rings. The van der Waals surface area contributed by atoms with Gasteiger partial charge in [0.15, 0.2) is 11.5 Å². The lowest BCUT2D eigenvalue weighted by molar-refractivity contribution is 0.0939. The lowest BCUT2D eigenvalue weighted by atomic mass is 9.89. The third-order valence-corrected chi connectivity index (χ3v) is 3.86. The van der Waals surface area contributed by atoms with Crippen molar-refractivity contribution in [3.8, 4) is 17.1 Å². The predicted octanol–water partition coefficient (Wildman–Crippen LogP) is 2.88. The van der Waals surface area contributed by atoms with E-state index < -0.39 is 0 Å². The molecule has 0 aliphatic rings. The Balaban J connectivity index is 1.88. The zero-order valence-electron chi connectivity index (χ0n) is 14.3. The van der Waals surface area contributed by atoms with Crippen LogP contribution in [0.4, 0.5) is 0 Å². The summed E-state index contributed by atoms with van der Waals surface area (Å²) in [5.41, 5.74) is 0.953. The Kier molecular flexibility index (Phi) is 5.98. The van der Waals surface area contributed by atoms with E-state index in [9.17, 15) is 9.90 Å². The Morgan fingerprint density at radius 2 is 2.04 bits per heavy atom. The highest BCUT2D eigenvalue weighted by Crippen LogP contribution is 2.23. The molecule has 1 aromatic carbocycles. The maximum absolute atomic E-state index is 12.1. The minimum Gasteiger partial charge on any atom is -0.497 e. The van der Waals surface area contributed by atoms with Crippen LogP contribution in [-0.4, -0.2) is 36.4 Å². The van der Waals surface area contributed by atoms with Gasteiger partial charge in [0.25, 0.3) is 5.91 Å². The number of aliphatic hydroxyl groups excluding tert-OH is 1. The quantitative estimate of drug-likeness (QED) is 0.726. The highest BCUT2D eigenvalue weighted by Gasteiger charge is 2.17. The lowest BCUT2D eigenvalue weighted by Gasteiger charge is -2.20. The second kappa shape index (κ2) is 7.97. The van der Waals surface area contributed by atoms with Crippen molar-refractivity contribution in [1.29, 1.82) is 0 Å². The average Bonchev–Trinajstić information content (AvgIpc) is 3.09. The molecule has 2 aromatic rings. The molecule has 0 saturated heterocycles. The number of aliphatic hydroxyl groups is 1. The maximum Gasteiger partial charge on any atom is 0.273 e. The first-order valence-electron chi connectivity index (χ1n) is 7.95. The molecule has 2 rings (SSSR count). The summed E-state index contributed by atoms with van der Waals surface area (Å²) in [5.74, 6) is 1.02. The Morgan fingerprint density at radius 3 is 2.67 bits per heavy atom. The van der Waals surface area contributed by atoms with E-state index in [1.165, 1.54) is 0 Å². The Labute approximate surface area is 141 Å². The van der Waals surface area contributed by atoms with Gasteiger partial charge in [-0.3, -0.25) is 4.79 Å². The average molecular weight is 332 g/mol. The number of carbonyl (C=O) groups excluding carboxylic acids is 1. The van der Waals surface area contributed by atoms with Crippen molar-refractivity contribution in [2.75, 3.05) is 20.3 Å². The van der Waals surface area contributed by atoms with Crippen molar-refractivity contribution in [3.63, 3.8) is 0 Å². The number of nitrogens with zero attached hydrogens (tertiary/aromatic N) is 1. The number of hydrogen-bond donors (Lipinski definition) is 2. The van der Waals surface area contributed by atoms with Crippen molar-refractivity contribution in [2.24, 2.45) is 5.41 Å². The number of hydrogen-bond acceptors (Lipinski definition) is 5. The fourth-order valence-corrected chi connectivity index (χ4v) is 2.21. The molecule has 0 bridgehead atoms. The van der Waals surface area contributed by atoms with Crippen molar-refractivity contribution < 1.29 is 19.2 Å². The first kappa shape index (κ1) is 18.0. The zero-order chi connectivity index (χ0) is 17.6. The Hall–Kier alpha value is -2.34. The van der Waals surface area contributed by atoms with Crippen LogP contribution in [0.25, 0.3) is 11.3 Å². The van der Waals surface area contributed by atoms with Crippen molar-refractivity contribution in [3.05, 3.63) is 36.0 Å². The predicted molar refractivity (Wildman–Crippen MR) is 90.9 cm³/mol. The molecule has 6 heteroatoms. The van der Waals surface area contributed by atoms with Gasteiger partial charge in [0.2, 0.25) is 0 Å². The molecule has 6 nitrogen and oxygen atoms in total.